The van der Waals surface area contributed by atoms with E-state index in [4.69, 9.17) is 9.47 Å². The lowest BCUT2D eigenvalue weighted by atomic mass is 9.78. The molecule has 2 heterocycles. The Bertz CT molecular complexity index is 674. The fraction of sp³-hybridized carbons (Fsp3) is 0.929. The van der Waals surface area contributed by atoms with Gasteiger partial charge < -0.3 is 9.47 Å². The third-order valence-electron chi connectivity index (χ3n) is 9.45. The molecule has 0 spiro atoms. The van der Waals surface area contributed by atoms with Crippen molar-refractivity contribution in [2.24, 2.45) is 11.8 Å². The number of carbonyl (C=O) groups is 2. The van der Waals surface area contributed by atoms with Gasteiger partial charge in [0.2, 0.25) is 0 Å². The molecule has 2 aliphatic heterocycles. The van der Waals surface area contributed by atoms with Crippen molar-refractivity contribution in [3.63, 3.8) is 0 Å². The summed E-state index contributed by atoms with van der Waals surface area (Å²) in [6, 6.07) is 0. The number of carbonyl (C=O) groups excluding carboxylic acids is 2. The first-order valence-corrected chi connectivity index (χ1v) is 13.3. The molecular formula is C28H50N2O4. The van der Waals surface area contributed by atoms with Gasteiger partial charge in [-0.05, 0) is 88.7 Å². The van der Waals surface area contributed by atoms with E-state index >= 15 is 0 Å². The Morgan fingerprint density at radius 3 is 1.21 bits per heavy atom. The Kier molecular flexibility index (Phi) is 7.58. The molecule has 196 valence electrons. The fourth-order valence-electron chi connectivity index (χ4n) is 6.86. The number of hydrogen-bond acceptors (Lipinski definition) is 6. The molecule has 3 aliphatic rings. The van der Waals surface area contributed by atoms with E-state index in [1.54, 1.807) is 0 Å². The molecular weight excluding hydrogens is 428 g/mol. The third-order valence-corrected chi connectivity index (χ3v) is 9.45. The second-order valence-electron chi connectivity index (χ2n) is 13.9. The zero-order chi connectivity index (χ0) is 25.7. The first kappa shape index (κ1) is 27.4. The number of nitrogens with zero attached hydrogens (tertiary/aromatic N) is 2. The van der Waals surface area contributed by atoms with E-state index in [0.717, 1.165) is 44.9 Å². The van der Waals surface area contributed by atoms with Crippen LogP contribution in [0.4, 0.5) is 0 Å². The van der Waals surface area contributed by atoms with Crippen LogP contribution >= 0.6 is 0 Å². The maximum atomic E-state index is 13.1. The highest BCUT2D eigenvalue weighted by Crippen LogP contribution is 2.41. The molecule has 2 unspecified atom stereocenters. The lowest BCUT2D eigenvalue weighted by molar-refractivity contribution is -0.169. The van der Waals surface area contributed by atoms with Crippen LogP contribution in [0, 0.1) is 11.8 Å². The molecule has 0 bridgehead atoms. The van der Waals surface area contributed by atoms with E-state index < -0.39 is 0 Å². The van der Waals surface area contributed by atoms with Crippen molar-refractivity contribution in [3.05, 3.63) is 0 Å². The lowest BCUT2D eigenvalue weighted by Crippen LogP contribution is -2.60. The number of likely N-dealkylation sites (tertiary alicyclic amines) is 2. The van der Waals surface area contributed by atoms with Crippen LogP contribution in [0.15, 0.2) is 0 Å². The summed E-state index contributed by atoms with van der Waals surface area (Å²) in [6.45, 7) is 17.7. The molecule has 34 heavy (non-hydrogen) atoms. The molecule has 0 aromatic carbocycles. The van der Waals surface area contributed by atoms with Crippen LogP contribution in [-0.4, -0.2) is 70.2 Å². The van der Waals surface area contributed by atoms with Crippen LogP contribution in [0.3, 0.4) is 0 Å². The summed E-state index contributed by atoms with van der Waals surface area (Å²) >= 11 is 0. The molecule has 0 aromatic heterocycles. The molecule has 0 radical (unpaired) electrons. The average Bonchev–Trinajstić information content (AvgIpc) is 2.69. The van der Waals surface area contributed by atoms with Crippen LogP contribution < -0.4 is 0 Å². The number of piperidine rings is 2. The molecule has 0 aromatic rings. The van der Waals surface area contributed by atoms with Gasteiger partial charge in [0, 0.05) is 47.8 Å². The van der Waals surface area contributed by atoms with Crippen LogP contribution in [-0.2, 0) is 19.1 Å². The third kappa shape index (κ3) is 5.80. The van der Waals surface area contributed by atoms with Crippen LogP contribution in [0.2, 0.25) is 0 Å². The minimum atomic E-state index is -0.206. The van der Waals surface area contributed by atoms with Gasteiger partial charge in [-0.15, -0.1) is 0 Å². The van der Waals surface area contributed by atoms with E-state index in [0.29, 0.717) is 6.42 Å². The summed E-state index contributed by atoms with van der Waals surface area (Å²) in [5.74, 6) is -0.662. The quantitative estimate of drug-likeness (QED) is 0.519. The minimum Gasteiger partial charge on any atom is -0.462 e. The minimum absolute atomic E-state index is 0.0266. The van der Waals surface area contributed by atoms with E-state index in [9.17, 15) is 9.59 Å². The smallest absolute Gasteiger partial charge is 0.309 e. The monoisotopic (exact) mass is 478 g/mol. The molecule has 2 saturated heterocycles. The van der Waals surface area contributed by atoms with E-state index in [-0.39, 0.29) is 58.1 Å². The van der Waals surface area contributed by atoms with Gasteiger partial charge in [-0.3, -0.25) is 19.4 Å². The molecule has 6 heteroatoms. The Labute approximate surface area is 208 Å². The zero-order valence-electron chi connectivity index (χ0n) is 23.5. The van der Waals surface area contributed by atoms with Gasteiger partial charge in [0.15, 0.2) is 0 Å². The second-order valence-corrected chi connectivity index (χ2v) is 13.9. The van der Waals surface area contributed by atoms with Gasteiger partial charge in [0.25, 0.3) is 0 Å². The Hall–Kier alpha value is -1.14. The van der Waals surface area contributed by atoms with Crippen LogP contribution in [0.1, 0.15) is 107 Å². The highest BCUT2D eigenvalue weighted by Gasteiger charge is 2.47. The predicted octanol–water partition coefficient (Wildman–Crippen LogP) is 5.18. The highest BCUT2D eigenvalue weighted by atomic mass is 16.5. The maximum absolute atomic E-state index is 13.1. The van der Waals surface area contributed by atoms with Gasteiger partial charge in [0.1, 0.15) is 12.2 Å². The average molecular weight is 479 g/mol. The number of hydrogen-bond donors (Lipinski definition) is 0. The first-order valence-electron chi connectivity index (χ1n) is 13.3. The van der Waals surface area contributed by atoms with Crippen molar-refractivity contribution < 1.29 is 19.1 Å². The molecule has 3 fully saturated rings. The highest BCUT2D eigenvalue weighted by molar-refractivity contribution is 5.76. The fourth-order valence-corrected chi connectivity index (χ4v) is 6.86. The summed E-state index contributed by atoms with van der Waals surface area (Å²) in [6.07, 6.45) is 6.19. The number of rotatable bonds is 4. The number of ether oxygens (including phenoxy) is 2. The van der Waals surface area contributed by atoms with Gasteiger partial charge in [-0.1, -0.05) is 6.42 Å². The van der Waals surface area contributed by atoms with E-state index in [1.165, 1.54) is 0 Å². The van der Waals surface area contributed by atoms with Crippen molar-refractivity contribution in [2.45, 2.75) is 141 Å². The Balaban J connectivity index is 1.57. The van der Waals surface area contributed by atoms with Crippen molar-refractivity contribution in [2.75, 3.05) is 14.1 Å². The number of esters is 2. The van der Waals surface area contributed by atoms with Gasteiger partial charge >= 0.3 is 11.9 Å². The normalized spacial score (nSPS) is 32.2. The molecule has 0 amide bonds. The lowest BCUT2D eigenvalue weighted by Gasteiger charge is -2.53. The largest absolute Gasteiger partial charge is 0.462 e. The van der Waals surface area contributed by atoms with E-state index in [2.05, 4.69) is 79.3 Å². The SMILES string of the molecule is CN1C(C)(C)CC(OC(=O)C2CCCC(C(=O)OC3CC(C)(C)N(C)C(C)(C)C3)C2)CC1(C)C. The van der Waals surface area contributed by atoms with E-state index in [1.807, 2.05) is 0 Å². The van der Waals surface area contributed by atoms with Crippen LogP contribution in [0.5, 0.6) is 0 Å². The summed E-state index contributed by atoms with van der Waals surface area (Å²) in [5.41, 5.74) is -0.106. The molecule has 0 N–H and O–H groups in total. The molecule has 1 saturated carbocycles. The zero-order valence-corrected chi connectivity index (χ0v) is 23.5. The summed E-state index contributed by atoms with van der Waals surface area (Å²) in [4.78, 5) is 31.1. The van der Waals surface area contributed by atoms with Crippen molar-refractivity contribution in [1.29, 1.82) is 0 Å². The summed E-state index contributed by atoms with van der Waals surface area (Å²) in [7, 11) is 4.31. The van der Waals surface area contributed by atoms with Crippen molar-refractivity contribution >= 4 is 11.9 Å². The van der Waals surface area contributed by atoms with Gasteiger partial charge in [0.05, 0.1) is 11.8 Å². The Morgan fingerprint density at radius 2 is 0.912 bits per heavy atom. The standard InChI is InChI=1S/C28H50N2O4/c1-25(2)15-21(16-26(3,4)29(25)9)33-23(31)19-12-11-13-20(14-19)24(32)34-22-17-27(5,6)30(10)28(7,8)18-22/h19-22H,11-18H2,1-10H3. The second kappa shape index (κ2) is 9.38. The Morgan fingerprint density at radius 1 is 0.618 bits per heavy atom. The maximum Gasteiger partial charge on any atom is 0.309 e. The molecule has 1 aliphatic carbocycles. The van der Waals surface area contributed by atoms with Gasteiger partial charge in [-0.25, -0.2) is 0 Å². The van der Waals surface area contributed by atoms with Crippen molar-refractivity contribution in [1.82, 2.24) is 9.80 Å². The summed E-state index contributed by atoms with van der Waals surface area (Å²) < 4.78 is 12.1. The predicted molar refractivity (Wildman–Crippen MR) is 136 cm³/mol. The van der Waals surface area contributed by atoms with Crippen molar-refractivity contribution in [3.8, 4) is 0 Å². The summed E-state index contributed by atoms with van der Waals surface area (Å²) in [5, 5.41) is 0. The topological polar surface area (TPSA) is 59.1 Å². The molecule has 6 nitrogen and oxygen atoms in total. The first-order chi connectivity index (χ1) is 15.4. The molecule has 3 rings (SSSR count). The molecule has 2 atom stereocenters. The van der Waals surface area contributed by atoms with Crippen LogP contribution in [0.25, 0.3) is 0 Å². The van der Waals surface area contributed by atoms with Gasteiger partial charge in [-0.2, -0.15) is 0 Å².